The highest BCUT2D eigenvalue weighted by molar-refractivity contribution is 6.23. The molecule has 0 spiro atoms. The number of alkyl halides is 3. The van der Waals surface area contributed by atoms with Crippen LogP contribution in [-0.2, 0) is 4.79 Å². The summed E-state index contributed by atoms with van der Waals surface area (Å²) in [5.74, 6) is -1.81. The average molecular weight is 459 g/mol. The van der Waals surface area contributed by atoms with Gasteiger partial charge in [0.15, 0.2) is 0 Å². The van der Waals surface area contributed by atoms with Crippen LogP contribution in [0.3, 0.4) is 0 Å². The summed E-state index contributed by atoms with van der Waals surface area (Å²) in [6.07, 6.45) is 0.308. The van der Waals surface area contributed by atoms with Crippen molar-refractivity contribution >= 4 is 16.9 Å². The fourth-order valence-corrected chi connectivity index (χ4v) is 3.52. The SMILES string of the molecule is CCN(/C=C(\C(=O)C(F)(F)F)c1ccccc1)CCCCN(/C=C(\C)c1ccccc1)CC. The molecule has 0 fully saturated rings. The van der Waals surface area contributed by atoms with Crippen LogP contribution in [0.1, 0.15) is 44.7 Å². The van der Waals surface area contributed by atoms with Crippen molar-refractivity contribution < 1.29 is 18.0 Å². The summed E-state index contributed by atoms with van der Waals surface area (Å²) in [5, 5.41) is 0. The van der Waals surface area contributed by atoms with Crippen molar-refractivity contribution in [2.75, 3.05) is 26.2 Å². The van der Waals surface area contributed by atoms with Gasteiger partial charge in [-0.15, -0.1) is 0 Å². The van der Waals surface area contributed by atoms with Gasteiger partial charge in [-0.05, 0) is 50.3 Å². The van der Waals surface area contributed by atoms with Gasteiger partial charge in [0.25, 0.3) is 5.78 Å². The number of rotatable bonds is 12. The van der Waals surface area contributed by atoms with E-state index in [0.29, 0.717) is 13.1 Å². The molecule has 178 valence electrons. The minimum Gasteiger partial charge on any atom is -0.377 e. The number of allylic oxidation sites excluding steroid dienone is 2. The van der Waals surface area contributed by atoms with E-state index in [2.05, 4.69) is 37.1 Å². The highest BCUT2D eigenvalue weighted by Crippen LogP contribution is 2.27. The maximum absolute atomic E-state index is 13.2. The number of nitrogens with zero attached hydrogens (tertiary/aromatic N) is 2. The lowest BCUT2D eigenvalue weighted by Crippen LogP contribution is -2.27. The smallest absolute Gasteiger partial charge is 0.377 e. The van der Waals surface area contributed by atoms with Crippen molar-refractivity contribution in [3.63, 3.8) is 0 Å². The number of hydrogen-bond acceptors (Lipinski definition) is 3. The fourth-order valence-electron chi connectivity index (χ4n) is 3.52. The Kier molecular flexibility index (Phi) is 10.2. The molecule has 0 aliphatic carbocycles. The van der Waals surface area contributed by atoms with Crippen LogP contribution in [0.25, 0.3) is 11.1 Å². The highest BCUT2D eigenvalue weighted by Gasteiger charge is 2.41. The molecular weight excluding hydrogens is 425 g/mol. The molecule has 6 heteroatoms. The predicted molar refractivity (Wildman–Crippen MR) is 129 cm³/mol. The second-order valence-corrected chi connectivity index (χ2v) is 7.88. The van der Waals surface area contributed by atoms with Crippen LogP contribution in [0, 0.1) is 0 Å². The topological polar surface area (TPSA) is 23.6 Å². The van der Waals surface area contributed by atoms with Crippen LogP contribution in [0.2, 0.25) is 0 Å². The van der Waals surface area contributed by atoms with E-state index in [1.165, 1.54) is 29.5 Å². The maximum Gasteiger partial charge on any atom is 0.454 e. The lowest BCUT2D eigenvalue weighted by Gasteiger charge is -2.23. The molecule has 0 saturated heterocycles. The number of carbonyl (C=O) groups excluding carboxylic acids is 1. The highest BCUT2D eigenvalue weighted by atomic mass is 19.4. The van der Waals surface area contributed by atoms with Crippen molar-refractivity contribution in [3.05, 3.63) is 84.2 Å². The van der Waals surface area contributed by atoms with Crippen molar-refractivity contribution in [3.8, 4) is 0 Å². The molecule has 0 aliphatic rings. The van der Waals surface area contributed by atoms with E-state index >= 15 is 0 Å². The molecule has 2 aromatic rings. The molecule has 0 saturated carbocycles. The number of halogens is 3. The number of benzene rings is 2. The summed E-state index contributed by atoms with van der Waals surface area (Å²) in [4.78, 5) is 16.1. The normalized spacial score (nSPS) is 12.5. The van der Waals surface area contributed by atoms with Crippen molar-refractivity contribution in [2.45, 2.75) is 39.8 Å². The number of carbonyl (C=O) groups is 1. The summed E-state index contributed by atoms with van der Waals surface area (Å²) in [6, 6.07) is 18.2. The molecule has 2 rings (SSSR count). The molecule has 2 aromatic carbocycles. The Morgan fingerprint density at radius 2 is 1.24 bits per heavy atom. The standard InChI is InChI=1S/C27H33F3N2O/c1-4-31(20-22(3)23-14-8-6-9-15-23)18-12-13-19-32(5-2)21-25(26(33)27(28,29)30)24-16-10-7-11-17-24/h6-11,14-17,20-21H,4-5,12-13,18-19H2,1-3H3/b22-20+,25-21-. The van der Waals surface area contributed by atoms with E-state index in [4.69, 9.17) is 0 Å². The van der Waals surface area contributed by atoms with Gasteiger partial charge in [-0.25, -0.2) is 0 Å². The minimum absolute atomic E-state index is 0.275. The third kappa shape index (κ3) is 8.44. The average Bonchev–Trinajstić information content (AvgIpc) is 2.82. The van der Waals surface area contributed by atoms with Gasteiger partial charge in [-0.1, -0.05) is 60.7 Å². The number of hydrogen-bond donors (Lipinski definition) is 0. The van der Waals surface area contributed by atoms with Gasteiger partial charge in [0, 0.05) is 38.6 Å². The summed E-state index contributed by atoms with van der Waals surface area (Å²) in [5.41, 5.74) is 2.33. The first-order valence-corrected chi connectivity index (χ1v) is 11.4. The van der Waals surface area contributed by atoms with Crippen LogP contribution in [0.5, 0.6) is 0 Å². The molecule has 0 aromatic heterocycles. The number of Topliss-reactive ketones (excluding diaryl/α,β-unsaturated/α-hetero) is 1. The van der Waals surface area contributed by atoms with Crippen molar-refractivity contribution in [2.24, 2.45) is 0 Å². The summed E-state index contributed by atoms with van der Waals surface area (Å²) < 4.78 is 39.5. The third-order valence-electron chi connectivity index (χ3n) is 5.46. The summed E-state index contributed by atoms with van der Waals surface area (Å²) in [7, 11) is 0. The first-order valence-electron chi connectivity index (χ1n) is 11.4. The molecular formula is C27H33F3N2O. The van der Waals surface area contributed by atoms with Gasteiger partial charge in [-0.2, -0.15) is 13.2 Å². The number of unbranched alkanes of at least 4 members (excludes halogenated alkanes) is 1. The summed E-state index contributed by atoms with van der Waals surface area (Å²) >= 11 is 0. The molecule has 3 nitrogen and oxygen atoms in total. The van der Waals surface area contributed by atoms with E-state index in [0.717, 1.165) is 25.9 Å². The molecule has 0 radical (unpaired) electrons. The molecule has 0 heterocycles. The maximum atomic E-state index is 13.2. The van der Waals surface area contributed by atoms with Crippen molar-refractivity contribution in [1.29, 1.82) is 0 Å². The number of ketones is 1. The predicted octanol–water partition coefficient (Wildman–Crippen LogP) is 6.64. The fraction of sp³-hybridized carbons (Fsp3) is 0.370. The molecule has 0 N–H and O–H groups in total. The molecule has 0 amide bonds. The first-order chi connectivity index (χ1) is 15.8. The second-order valence-electron chi connectivity index (χ2n) is 7.88. The Bertz CT molecular complexity index is 921. The van der Waals surface area contributed by atoms with Gasteiger partial charge in [0.1, 0.15) is 0 Å². The molecule has 0 unspecified atom stereocenters. The monoisotopic (exact) mass is 458 g/mol. The van der Waals surface area contributed by atoms with Crippen LogP contribution in [-0.4, -0.2) is 47.9 Å². The largest absolute Gasteiger partial charge is 0.454 e. The van der Waals surface area contributed by atoms with Gasteiger partial charge in [0.05, 0.1) is 5.57 Å². The Labute approximate surface area is 195 Å². The van der Waals surface area contributed by atoms with Crippen molar-refractivity contribution in [1.82, 2.24) is 9.80 Å². The Balaban J connectivity index is 2.01. The van der Waals surface area contributed by atoms with E-state index < -0.39 is 12.0 Å². The third-order valence-corrected chi connectivity index (χ3v) is 5.46. The van der Waals surface area contributed by atoms with Crippen LogP contribution in [0.15, 0.2) is 73.1 Å². The Morgan fingerprint density at radius 3 is 1.70 bits per heavy atom. The van der Waals surface area contributed by atoms with E-state index in [1.807, 2.05) is 25.1 Å². The van der Waals surface area contributed by atoms with Gasteiger partial charge in [0.2, 0.25) is 0 Å². The van der Waals surface area contributed by atoms with Gasteiger partial charge < -0.3 is 9.80 Å². The minimum atomic E-state index is -4.91. The molecule has 0 bridgehead atoms. The van der Waals surface area contributed by atoms with Gasteiger partial charge >= 0.3 is 6.18 Å². The first kappa shape index (κ1) is 26.2. The van der Waals surface area contributed by atoms with E-state index in [-0.39, 0.29) is 11.1 Å². The molecule has 33 heavy (non-hydrogen) atoms. The van der Waals surface area contributed by atoms with Crippen LogP contribution >= 0.6 is 0 Å². The lowest BCUT2D eigenvalue weighted by molar-refractivity contribution is -0.164. The van der Waals surface area contributed by atoms with Crippen LogP contribution < -0.4 is 0 Å². The Morgan fingerprint density at radius 1 is 0.788 bits per heavy atom. The lowest BCUT2D eigenvalue weighted by atomic mass is 10.0. The summed E-state index contributed by atoms with van der Waals surface area (Å²) in [6.45, 7) is 8.90. The second kappa shape index (κ2) is 12.9. The van der Waals surface area contributed by atoms with Crippen LogP contribution in [0.4, 0.5) is 13.2 Å². The Hall–Kier alpha value is -3.02. The van der Waals surface area contributed by atoms with Gasteiger partial charge in [-0.3, -0.25) is 4.79 Å². The van der Waals surface area contributed by atoms with E-state index in [9.17, 15) is 18.0 Å². The molecule has 0 aliphatic heterocycles. The quantitative estimate of drug-likeness (QED) is 0.263. The molecule has 0 atom stereocenters. The zero-order valence-electron chi connectivity index (χ0n) is 19.6. The zero-order chi connectivity index (χ0) is 24.3. The zero-order valence-corrected chi connectivity index (χ0v) is 19.6. The van der Waals surface area contributed by atoms with E-state index in [1.54, 1.807) is 23.1 Å².